The van der Waals surface area contributed by atoms with E-state index in [0.29, 0.717) is 6.54 Å². The molecule has 0 aliphatic heterocycles. The molecular weight excluding hydrogens is 322 g/mol. The zero-order valence-electron chi connectivity index (χ0n) is 13.9. The summed E-state index contributed by atoms with van der Waals surface area (Å²) in [6, 6.07) is 12.7. The van der Waals surface area contributed by atoms with Crippen LogP contribution in [-0.2, 0) is 20.9 Å². The number of benzene rings is 2. The molecule has 0 saturated heterocycles. The van der Waals surface area contributed by atoms with Crippen LogP contribution in [0.15, 0.2) is 42.5 Å². The largest absolute Gasteiger partial charge is 0.480 e. The van der Waals surface area contributed by atoms with Crippen molar-refractivity contribution in [2.75, 3.05) is 13.1 Å². The van der Waals surface area contributed by atoms with Gasteiger partial charge in [0.25, 0.3) is 0 Å². The number of hydrogen-bond donors (Lipinski definition) is 4. The summed E-state index contributed by atoms with van der Waals surface area (Å²) in [5.41, 5.74) is 1.05. The lowest BCUT2D eigenvalue weighted by Gasteiger charge is -2.15. The molecule has 0 heterocycles. The Balaban J connectivity index is 1.86. The van der Waals surface area contributed by atoms with Gasteiger partial charge in [-0.2, -0.15) is 0 Å². The van der Waals surface area contributed by atoms with Crippen molar-refractivity contribution in [2.45, 2.75) is 19.5 Å². The molecule has 4 N–H and O–H groups in total. The van der Waals surface area contributed by atoms with Crippen molar-refractivity contribution in [1.82, 2.24) is 16.0 Å². The maximum absolute atomic E-state index is 11.9. The Morgan fingerprint density at radius 1 is 1.08 bits per heavy atom. The molecule has 0 radical (unpaired) electrons. The summed E-state index contributed by atoms with van der Waals surface area (Å²) in [5.74, 6) is -2.00. The van der Waals surface area contributed by atoms with E-state index in [2.05, 4.69) is 16.0 Å². The third-order valence-electron chi connectivity index (χ3n) is 3.67. The number of carboxylic acid groups (broad SMARTS) is 1. The van der Waals surface area contributed by atoms with Crippen LogP contribution in [0.1, 0.15) is 12.5 Å². The van der Waals surface area contributed by atoms with Gasteiger partial charge in [0.2, 0.25) is 11.8 Å². The smallest absolute Gasteiger partial charge is 0.328 e. The van der Waals surface area contributed by atoms with E-state index in [1.807, 2.05) is 42.5 Å². The summed E-state index contributed by atoms with van der Waals surface area (Å²) in [5, 5.41) is 19.1. The van der Waals surface area contributed by atoms with Crippen molar-refractivity contribution in [2.24, 2.45) is 0 Å². The zero-order chi connectivity index (χ0) is 18.2. The Morgan fingerprint density at radius 2 is 1.80 bits per heavy atom. The normalized spacial score (nSPS) is 11.7. The van der Waals surface area contributed by atoms with Crippen LogP contribution < -0.4 is 16.0 Å². The second kappa shape index (κ2) is 8.79. The molecular formula is C18H21N3O4. The van der Waals surface area contributed by atoms with E-state index in [1.54, 1.807) is 0 Å². The standard InChI is InChI=1S/C18H21N3O4/c1-12(22)20-10-16(18(24)25)21-17(23)11-19-9-14-7-4-6-13-5-2-3-8-15(13)14/h2-8,16,19H,9-11H2,1H3,(H,20,22)(H,21,23)(H,24,25)/t16-/m0/s1. The van der Waals surface area contributed by atoms with Crippen molar-refractivity contribution in [1.29, 1.82) is 0 Å². The van der Waals surface area contributed by atoms with E-state index in [4.69, 9.17) is 5.11 Å². The minimum absolute atomic E-state index is 0.0208. The van der Waals surface area contributed by atoms with Gasteiger partial charge in [-0.1, -0.05) is 42.5 Å². The minimum Gasteiger partial charge on any atom is -0.480 e. The van der Waals surface area contributed by atoms with Crippen LogP contribution >= 0.6 is 0 Å². The SMILES string of the molecule is CC(=O)NC[C@H](NC(=O)CNCc1cccc2ccccc12)C(=O)O. The van der Waals surface area contributed by atoms with E-state index >= 15 is 0 Å². The summed E-state index contributed by atoms with van der Waals surface area (Å²) in [6.45, 7) is 1.59. The Labute approximate surface area is 145 Å². The average molecular weight is 343 g/mol. The quantitative estimate of drug-likeness (QED) is 0.562. The highest BCUT2D eigenvalue weighted by Gasteiger charge is 2.19. The lowest BCUT2D eigenvalue weighted by Crippen LogP contribution is -2.50. The molecule has 0 aliphatic rings. The molecule has 25 heavy (non-hydrogen) atoms. The monoisotopic (exact) mass is 343 g/mol. The molecule has 7 nitrogen and oxygen atoms in total. The van der Waals surface area contributed by atoms with Gasteiger partial charge in [-0.15, -0.1) is 0 Å². The zero-order valence-corrected chi connectivity index (χ0v) is 13.9. The number of hydrogen-bond acceptors (Lipinski definition) is 4. The summed E-state index contributed by atoms with van der Waals surface area (Å²) in [6.07, 6.45) is 0. The van der Waals surface area contributed by atoms with Crippen LogP contribution in [0.4, 0.5) is 0 Å². The molecule has 1 atom stereocenters. The van der Waals surface area contributed by atoms with Crippen molar-refractivity contribution in [3.8, 4) is 0 Å². The van der Waals surface area contributed by atoms with Gasteiger partial charge in [-0.05, 0) is 16.3 Å². The number of carbonyl (C=O) groups excluding carboxylic acids is 2. The third-order valence-corrected chi connectivity index (χ3v) is 3.67. The molecule has 7 heteroatoms. The van der Waals surface area contributed by atoms with Crippen molar-refractivity contribution >= 4 is 28.6 Å². The Bertz CT molecular complexity index is 771. The molecule has 132 valence electrons. The highest BCUT2D eigenvalue weighted by molar-refractivity contribution is 5.86. The Hall–Kier alpha value is -2.93. The van der Waals surface area contributed by atoms with Crippen LogP contribution in [0.25, 0.3) is 10.8 Å². The molecule has 0 spiro atoms. The van der Waals surface area contributed by atoms with E-state index in [0.717, 1.165) is 16.3 Å². The number of nitrogens with one attached hydrogen (secondary N) is 3. The molecule has 0 saturated carbocycles. The second-order valence-electron chi connectivity index (χ2n) is 5.64. The predicted octanol–water partition coefficient (Wildman–Crippen LogP) is 0.635. The van der Waals surface area contributed by atoms with Gasteiger partial charge >= 0.3 is 5.97 Å². The van der Waals surface area contributed by atoms with E-state index in [9.17, 15) is 14.4 Å². The van der Waals surface area contributed by atoms with Crippen LogP contribution in [0.2, 0.25) is 0 Å². The molecule has 2 aromatic rings. The van der Waals surface area contributed by atoms with Crippen LogP contribution in [0.5, 0.6) is 0 Å². The maximum atomic E-state index is 11.9. The van der Waals surface area contributed by atoms with Crippen molar-refractivity contribution in [3.05, 3.63) is 48.0 Å². The van der Waals surface area contributed by atoms with Gasteiger partial charge < -0.3 is 21.1 Å². The second-order valence-corrected chi connectivity index (χ2v) is 5.64. The molecule has 2 aromatic carbocycles. The van der Waals surface area contributed by atoms with Gasteiger partial charge in [0.05, 0.1) is 6.54 Å². The molecule has 0 fully saturated rings. The lowest BCUT2D eigenvalue weighted by molar-refractivity contribution is -0.141. The van der Waals surface area contributed by atoms with E-state index in [-0.39, 0.29) is 19.0 Å². The summed E-state index contributed by atoms with van der Waals surface area (Å²) >= 11 is 0. The van der Waals surface area contributed by atoms with Gasteiger partial charge in [-0.3, -0.25) is 9.59 Å². The first kappa shape index (κ1) is 18.4. The number of carboxylic acids is 1. The minimum atomic E-state index is -1.20. The highest BCUT2D eigenvalue weighted by Crippen LogP contribution is 2.17. The lowest BCUT2D eigenvalue weighted by atomic mass is 10.0. The fourth-order valence-corrected chi connectivity index (χ4v) is 2.45. The molecule has 2 amide bonds. The fourth-order valence-electron chi connectivity index (χ4n) is 2.45. The molecule has 2 rings (SSSR count). The summed E-state index contributed by atoms with van der Waals surface area (Å²) in [4.78, 5) is 33.9. The number of fused-ring (bicyclic) bond motifs is 1. The number of aliphatic carboxylic acids is 1. The van der Waals surface area contributed by atoms with E-state index in [1.165, 1.54) is 6.92 Å². The summed E-state index contributed by atoms with van der Waals surface area (Å²) in [7, 11) is 0. The average Bonchev–Trinajstić information content (AvgIpc) is 2.58. The summed E-state index contributed by atoms with van der Waals surface area (Å²) < 4.78 is 0. The van der Waals surface area contributed by atoms with Gasteiger partial charge in [0, 0.05) is 20.0 Å². The molecule has 0 unspecified atom stereocenters. The molecule has 0 aliphatic carbocycles. The van der Waals surface area contributed by atoms with Gasteiger partial charge in [-0.25, -0.2) is 4.79 Å². The maximum Gasteiger partial charge on any atom is 0.328 e. The van der Waals surface area contributed by atoms with Gasteiger partial charge in [0.1, 0.15) is 6.04 Å². The Morgan fingerprint density at radius 3 is 2.52 bits per heavy atom. The van der Waals surface area contributed by atoms with Crippen LogP contribution in [0.3, 0.4) is 0 Å². The first-order valence-electron chi connectivity index (χ1n) is 7.91. The van der Waals surface area contributed by atoms with E-state index < -0.39 is 17.9 Å². The topological polar surface area (TPSA) is 108 Å². The predicted molar refractivity (Wildman–Crippen MR) is 93.9 cm³/mol. The van der Waals surface area contributed by atoms with Crippen LogP contribution in [0, 0.1) is 0 Å². The first-order chi connectivity index (χ1) is 12.0. The molecule has 0 aromatic heterocycles. The van der Waals surface area contributed by atoms with Crippen molar-refractivity contribution in [3.63, 3.8) is 0 Å². The molecule has 0 bridgehead atoms. The third kappa shape index (κ3) is 5.58. The first-order valence-corrected chi connectivity index (χ1v) is 7.91. The van der Waals surface area contributed by atoms with Crippen molar-refractivity contribution < 1.29 is 19.5 Å². The fraction of sp³-hybridized carbons (Fsp3) is 0.278. The number of carbonyl (C=O) groups is 3. The number of amides is 2. The Kier molecular flexibility index (Phi) is 6.47. The van der Waals surface area contributed by atoms with Gasteiger partial charge in [0.15, 0.2) is 0 Å². The number of rotatable bonds is 8. The van der Waals surface area contributed by atoms with Crippen LogP contribution in [-0.4, -0.2) is 42.0 Å². The highest BCUT2D eigenvalue weighted by atomic mass is 16.4.